The fourth-order valence-corrected chi connectivity index (χ4v) is 10.2. The van der Waals surface area contributed by atoms with Crippen LogP contribution in [0.4, 0.5) is 11.4 Å². The second-order valence-corrected chi connectivity index (χ2v) is 23.2. The number of nitrogens with zero attached hydrogens (tertiary/aromatic N) is 4. The van der Waals surface area contributed by atoms with E-state index in [-0.39, 0.29) is 42.7 Å². The zero-order valence-electron chi connectivity index (χ0n) is 44.4. The molecule has 6 heteroatoms. The molecule has 0 fully saturated rings. The van der Waals surface area contributed by atoms with E-state index in [1.807, 2.05) is 6.20 Å². The van der Waals surface area contributed by atoms with Gasteiger partial charge in [-0.05, 0) is 97.7 Å². The van der Waals surface area contributed by atoms with Gasteiger partial charge >= 0.3 is 0 Å². The minimum absolute atomic E-state index is 0. The van der Waals surface area contributed by atoms with E-state index in [2.05, 4.69) is 292 Å². The van der Waals surface area contributed by atoms with Crippen LogP contribution < -0.4 is 14.5 Å². The molecule has 0 aliphatic carbocycles. The van der Waals surface area contributed by atoms with Gasteiger partial charge in [-0.1, -0.05) is 209 Å². The van der Waals surface area contributed by atoms with Crippen LogP contribution in [0.2, 0.25) is 0 Å². The summed E-state index contributed by atoms with van der Waals surface area (Å²) < 4.78 is 9.40. The molecule has 5 nitrogen and oxygen atoms in total. The predicted molar refractivity (Wildman–Crippen MR) is 301 cm³/mol. The molecule has 0 bridgehead atoms. The molecular weight excluding hydrogens is 1070 g/mol. The normalized spacial score (nSPS) is 13.5. The van der Waals surface area contributed by atoms with Crippen molar-refractivity contribution in [1.29, 1.82) is 0 Å². The first-order valence-electron chi connectivity index (χ1n) is 25.3. The Labute approximate surface area is 448 Å². The molecule has 0 amide bonds. The van der Waals surface area contributed by atoms with Crippen molar-refractivity contribution in [2.24, 2.45) is 0 Å². The number of para-hydroxylation sites is 1. The Morgan fingerprint density at radius 3 is 1.56 bits per heavy atom. The van der Waals surface area contributed by atoms with Gasteiger partial charge in [-0.25, -0.2) is 4.98 Å². The number of ether oxygens (including phenoxy) is 1. The van der Waals surface area contributed by atoms with Crippen LogP contribution >= 0.6 is 0 Å². The Hall–Kier alpha value is -6.68. The van der Waals surface area contributed by atoms with Gasteiger partial charge in [0.25, 0.3) is 0 Å². The van der Waals surface area contributed by atoms with Crippen molar-refractivity contribution < 1.29 is 25.8 Å². The van der Waals surface area contributed by atoms with Crippen molar-refractivity contribution >= 4 is 33.2 Å². The van der Waals surface area contributed by atoms with Crippen molar-refractivity contribution in [3.05, 3.63) is 246 Å². The van der Waals surface area contributed by atoms with Crippen molar-refractivity contribution in [3.63, 3.8) is 0 Å². The second-order valence-electron chi connectivity index (χ2n) is 23.2. The van der Waals surface area contributed by atoms with Gasteiger partial charge in [0.15, 0.2) is 0 Å². The van der Waals surface area contributed by atoms with Crippen LogP contribution in [-0.2, 0) is 48.1 Å². The molecule has 0 N–H and O–H groups in total. The molecule has 0 saturated carbocycles. The molecule has 374 valence electrons. The molecule has 0 unspecified atom stereocenters. The SMILES string of the molecule is CC(C)(C)c1cc(Oc2[c-]c3c(c(C(C)(C)c4ccccc4)c2)c2ccccc2n3-c2cc(C(C)(C)C)ccn2)[c-]c(N2C=CN(c3cc(C(C)(C)c4ccccc4)cc(C(C)(C)c4ccccc4)c3)[CH-]2)c1.[Pt]. The van der Waals surface area contributed by atoms with Gasteiger partial charge in [0.2, 0.25) is 0 Å². The number of pyridine rings is 1. The minimum atomic E-state index is -0.410. The third-order valence-electron chi connectivity index (χ3n) is 15.2. The molecule has 73 heavy (non-hydrogen) atoms. The fraction of sp³-hybridized carbons (Fsp3) is 0.254. The average molecular weight is 1140 g/mol. The van der Waals surface area contributed by atoms with Crippen LogP contribution in [0.3, 0.4) is 0 Å². The van der Waals surface area contributed by atoms with Gasteiger partial charge < -0.3 is 19.1 Å². The second kappa shape index (κ2) is 19.3. The smallest absolute Gasteiger partial charge is 0.135 e. The van der Waals surface area contributed by atoms with E-state index in [0.717, 1.165) is 50.1 Å². The standard InChI is InChI=1S/C67H67N4O.Pt/c1-63(2,3)49-32-33-68-61(41-49)71-59-31-23-22-30-57(59)62-58(67(11,12)48-28-20-15-21-29-48)43-56(44-60(62)71)72-55-40-50(64(4,5)6)37-54(42-55)70-35-34-69(45-70)53-38-51(65(7,8)46-24-16-13-17-25-46)36-52(39-53)66(9,10)47-26-18-14-19-27-47;/h13-41,43,45H,1-12H3;/q-3;. The Bertz CT molecular complexity index is 3400. The quantitative estimate of drug-likeness (QED) is 0.121. The zero-order valence-corrected chi connectivity index (χ0v) is 46.7. The molecule has 2 aromatic heterocycles. The summed E-state index contributed by atoms with van der Waals surface area (Å²) >= 11 is 0. The van der Waals surface area contributed by atoms with Crippen molar-refractivity contribution in [1.82, 2.24) is 9.55 Å². The summed E-state index contributed by atoms with van der Waals surface area (Å²) in [6.45, 7) is 29.6. The molecule has 7 aromatic carbocycles. The maximum Gasteiger partial charge on any atom is 0.135 e. The van der Waals surface area contributed by atoms with Crippen LogP contribution in [0.5, 0.6) is 11.5 Å². The van der Waals surface area contributed by atoms with E-state index in [0.29, 0.717) is 11.5 Å². The average Bonchev–Trinajstić information content (AvgIpc) is 4.00. The number of benzene rings is 7. The van der Waals surface area contributed by atoms with E-state index in [1.165, 1.54) is 33.4 Å². The summed E-state index contributed by atoms with van der Waals surface area (Å²) in [5.41, 5.74) is 12.5. The molecule has 0 spiro atoms. The summed E-state index contributed by atoms with van der Waals surface area (Å²) in [4.78, 5) is 9.40. The first-order valence-corrected chi connectivity index (χ1v) is 25.3. The maximum atomic E-state index is 7.14. The van der Waals surface area contributed by atoms with Crippen LogP contribution in [0.25, 0.3) is 27.6 Å². The molecule has 1 aliphatic heterocycles. The monoisotopic (exact) mass is 1140 g/mol. The summed E-state index contributed by atoms with van der Waals surface area (Å²) in [5.74, 6) is 2.07. The van der Waals surface area contributed by atoms with Gasteiger partial charge in [0.1, 0.15) is 5.82 Å². The number of hydrogen-bond acceptors (Lipinski definition) is 4. The van der Waals surface area contributed by atoms with Crippen LogP contribution in [0.15, 0.2) is 182 Å². The third kappa shape index (κ3) is 9.82. The van der Waals surface area contributed by atoms with Gasteiger partial charge in [-0.3, -0.25) is 0 Å². The number of fused-ring (bicyclic) bond motifs is 3. The molecule has 0 saturated heterocycles. The Balaban J connectivity index is 0.00000656. The molecular formula is C67H67N4OPt-3. The van der Waals surface area contributed by atoms with E-state index in [9.17, 15) is 0 Å². The first kappa shape index (κ1) is 51.2. The molecule has 1 aliphatic rings. The number of aromatic nitrogens is 2. The van der Waals surface area contributed by atoms with Crippen molar-refractivity contribution in [2.45, 2.75) is 110 Å². The third-order valence-corrected chi connectivity index (χ3v) is 15.2. The predicted octanol–water partition coefficient (Wildman–Crippen LogP) is 17.1. The topological polar surface area (TPSA) is 33.5 Å². The molecule has 0 atom stereocenters. The zero-order chi connectivity index (χ0) is 50.8. The van der Waals surface area contributed by atoms with Crippen molar-refractivity contribution in [2.75, 3.05) is 9.80 Å². The number of rotatable bonds is 11. The van der Waals surface area contributed by atoms with E-state index in [1.54, 1.807) is 0 Å². The van der Waals surface area contributed by atoms with Gasteiger partial charge in [0, 0.05) is 60.8 Å². The van der Waals surface area contributed by atoms with Crippen LogP contribution in [-0.4, -0.2) is 9.55 Å². The first-order chi connectivity index (χ1) is 34.2. The maximum absolute atomic E-state index is 7.14. The summed E-state index contributed by atoms with van der Waals surface area (Å²) in [5, 5.41) is 2.28. The van der Waals surface area contributed by atoms with Crippen LogP contribution in [0.1, 0.15) is 128 Å². The van der Waals surface area contributed by atoms with Gasteiger partial charge in [-0.15, -0.1) is 53.8 Å². The summed E-state index contributed by atoms with van der Waals surface area (Å²) in [7, 11) is 0. The molecule has 0 radical (unpaired) electrons. The summed E-state index contributed by atoms with van der Waals surface area (Å²) in [6, 6.07) is 66.6. The fourth-order valence-electron chi connectivity index (χ4n) is 10.2. The van der Waals surface area contributed by atoms with E-state index < -0.39 is 5.41 Å². The van der Waals surface area contributed by atoms with Crippen molar-refractivity contribution in [3.8, 4) is 17.3 Å². The van der Waals surface area contributed by atoms with Gasteiger partial charge in [-0.2, -0.15) is 0 Å². The number of anilines is 2. The summed E-state index contributed by atoms with van der Waals surface area (Å²) in [6.07, 6.45) is 6.19. The van der Waals surface area contributed by atoms with Gasteiger partial charge in [0.05, 0.1) is 0 Å². The largest absolute Gasteiger partial charge is 0.509 e. The van der Waals surface area contributed by atoms with Crippen LogP contribution in [0, 0.1) is 18.8 Å². The minimum Gasteiger partial charge on any atom is -0.509 e. The van der Waals surface area contributed by atoms with E-state index in [4.69, 9.17) is 9.72 Å². The van der Waals surface area contributed by atoms with E-state index >= 15 is 0 Å². The molecule has 10 rings (SSSR count). The number of hydrogen-bond donors (Lipinski definition) is 0. The Morgan fingerprint density at radius 1 is 0.466 bits per heavy atom. The molecule has 9 aromatic rings. The Morgan fingerprint density at radius 2 is 0.986 bits per heavy atom. The molecule has 3 heterocycles. The Kier molecular flexibility index (Phi) is 13.5.